The lowest BCUT2D eigenvalue weighted by Gasteiger charge is -2.41. The number of nitrogens with zero attached hydrogens (tertiary/aromatic N) is 2. The first kappa shape index (κ1) is 28.2. The van der Waals surface area contributed by atoms with Gasteiger partial charge in [0.15, 0.2) is 0 Å². The topological polar surface area (TPSA) is 136 Å². The van der Waals surface area contributed by atoms with Crippen molar-refractivity contribution < 1.29 is 42.3 Å². The SMILES string of the molecule is CC[C@H](C)[C@H](NC(=O)C(C)(C)NC(=O)C(F)(F)F)C(=O)N(C)[C@@H](C)C(=O)N1CC[C@H]1C(=O)O. The van der Waals surface area contributed by atoms with Crippen LogP contribution in [0.25, 0.3) is 0 Å². The van der Waals surface area contributed by atoms with Gasteiger partial charge in [0.05, 0.1) is 0 Å². The second-order valence-corrected chi connectivity index (χ2v) is 8.71. The van der Waals surface area contributed by atoms with Crippen molar-refractivity contribution in [3.8, 4) is 0 Å². The Bertz CT molecular complexity index is 801. The van der Waals surface area contributed by atoms with Gasteiger partial charge in [0.2, 0.25) is 17.7 Å². The smallest absolute Gasteiger partial charge is 0.471 e. The number of aliphatic carboxylic acids is 1. The number of hydrogen-bond acceptors (Lipinski definition) is 5. The first-order chi connectivity index (χ1) is 15.0. The molecule has 1 saturated heterocycles. The number of carbonyl (C=O) groups is 5. The van der Waals surface area contributed by atoms with Gasteiger partial charge in [-0.25, -0.2) is 4.79 Å². The Kier molecular flexibility index (Phi) is 8.87. The Morgan fingerprint density at radius 1 is 1.12 bits per heavy atom. The maximum atomic E-state index is 13.1. The van der Waals surface area contributed by atoms with Crippen LogP contribution in [0.4, 0.5) is 13.2 Å². The van der Waals surface area contributed by atoms with E-state index >= 15 is 0 Å². The maximum absolute atomic E-state index is 13.1. The van der Waals surface area contributed by atoms with Crippen LogP contribution in [-0.4, -0.2) is 87.9 Å². The zero-order chi connectivity index (χ0) is 25.9. The van der Waals surface area contributed by atoms with Gasteiger partial charge in [-0.2, -0.15) is 13.2 Å². The highest BCUT2D eigenvalue weighted by Crippen LogP contribution is 2.21. The number of likely N-dealkylation sites (tertiary alicyclic amines) is 1. The Hall–Kier alpha value is -2.86. The average molecular weight is 480 g/mol. The summed E-state index contributed by atoms with van der Waals surface area (Å²) in [4.78, 5) is 63.1. The van der Waals surface area contributed by atoms with Gasteiger partial charge in [-0.1, -0.05) is 20.3 Å². The van der Waals surface area contributed by atoms with Crippen LogP contribution in [0.15, 0.2) is 0 Å². The monoisotopic (exact) mass is 480 g/mol. The number of likely N-dealkylation sites (N-methyl/N-ethyl adjacent to an activating group) is 1. The summed E-state index contributed by atoms with van der Waals surface area (Å²) in [5.41, 5.74) is -1.98. The normalized spacial score (nSPS) is 18.9. The highest BCUT2D eigenvalue weighted by Gasteiger charge is 2.45. The average Bonchev–Trinajstić information content (AvgIpc) is 2.66. The van der Waals surface area contributed by atoms with Crippen molar-refractivity contribution in [2.24, 2.45) is 5.92 Å². The van der Waals surface area contributed by atoms with Crippen LogP contribution >= 0.6 is 0 Å². The molecule has 0 aromatic heterocycles. The molecule has 4 atom stereocenters. The van der Waals surface area contributed by atoms with Crippen LogP contribution in [0.2, 0.25) is 0 Å². The second kappa shape index (κ2) is 10.4. The molecule has 33 heavy (non-hydrogen) atoms. The summed E-state index contributed by atoms with van der Waals surface area (Å²) in [6.07, 6.45) is -4.48. The second-order valence-electron chi connectivity index (χ2n) is 8.71. The van der Waals surface area contributed by atoms with Gasteiger partial charge in [0.25, 0.3) is 0 Å². The molecule has 0 unspecified atom stereocenters. The van der Waals surface area contributed by atoms with E-state index in [4.69, 9.17) is 5.11 Å². The fourth-order valence-corrected chi connectivity index (χ4v) is 3.14. The van der Waals surface area contributed by atoms with E-state index in [9.17, 15) is 37.1 Å². The molecule has 1 aliphatic rings. The van der Waals surface area contributed by atoms with Crippen LogP contribution in [0.3, 0.4) is 0 Å². The number of amides is 4. The van der Waals surface area contributed by atoms with Crippen molar-refractivity contribution in [2.75, 3.05) is 13.6 Å². The summed E-state index contributed by atoms with van der Waals surface area (Å²) >= 11 is 0. The van der Waals surface area contributed by atoms with Crippen LogP contribution in [0.1, 0.15) is 47.5 Å². The lowest BCUT2D eigenvalue weighted by molar-refractivity contribution is -0.176. The zero-order valence-corrected chi connectivity index (χ0v) is 19.4. The molecular weight excluding hydrogens is 449 g/mol. The van der Waals surface area contributed by atoms with Crippen LogP contribution in [0, 0.1) is 5.92 Å². The zero-order valence-electron chi connectivity index (χ0n) is 19.4. The number of nitrogens with one attached hydrogen (secondary N) is 2. The number of halogens is 3. The molecule has 0 aliphatic carbocycles. The van der Waals surface area contributed by atoms with E-state index in [-0.39, 0.29) is 6.54 Å². The van der Waals surface area contributed by atoms with Gasteiger partial charge in [-0.05, 0) is 33.1 Å². The predicted molar refractivity (Wildman–Crippen MR) is 110 cm³/mol. The molecular formula is C20H31F3N4O6. The first-order valence-electron chi connectivity index (χ1n) is 10.5. The number of alkyl halides is 3. The van der Waals surface area contributed by atoms with Crippen molar-refractivity contribution in [1.82, 2.24) is 20.4 Å². The van der Waals surface area contributed by atoms with E-state index < -0.39 is 65.4 Å². The van der Waals surface area contributed by atoms with Crippen LogP contribution in [0.5, 0.6) is 0 Å². The number of rotatable bonds is 9. The summed E-state index contributed by atoms with van der Waals surface area (Å²) in [6.45, 7) is 7.16. The van der Waals surface area contributed by atoms with Gasteiger partial charge in [0, 0.05) is 13.6 Å². The molecule has 10 nitrogen and oxygen atoms in total. The molecule has 0 radical (unpaired) electrons. The van der Waals surface area contributed by atoms with Crippen molar-refractivity contribution in [3.05, 3.63) is 0 Å². The van der Waals surface area contributed by atoms with E-state index in [1.54, 1.807) is 19.2 Å². The molecule has 0 aromatic rings. The molecule has 0 bridgehead atoms. The Morgan fingerprint density at radius 3 is 2.06 bits per heavy atom. The van der Waals surface area contributed by atoms with E-state index in [2.05, 4.69) is 5.32 Å². The molecule has 13 heteroatoms. The molecule has 1 aliphatic heterocycles. The number of carboxylic acid groups (broad SMARTS) is 1. The minimum atomic E-state index is -5.19. The van der Waals surface area contributed by atoms with E-state index in [0.29, 0.717) is 12.8 Å². The molecule has 1 fully saturated rings. The van der Waals surface area contributed by atoms with E-state index in [1.165, 1.54) is 14.0 Å². The Labute approximate surface area is 189 Å². The molecule has 4 amide bonds. The fraction of sp³-hybridized carbons (Fsp3) is 0.750. The Balaban J connectivity index is 2.99. The third kappa shape index (κ3) is 6.57. The van der Waals surface area contributed by atoms with Gasteiger partial charge in [-0.15, -0.1) is 0 Å². The number of carbonyl (C=O) groups excluding carboxylic acids is 4. The highest BCUT2D eigenvalue weighted by molar-refractivity contribution is 5.97. The molecule has 1 heterocycles. The molecule has 3 N–H and O–H groups in total. The summed E-state index contributed by atoms with van der Waals surface area (Å²) in [6, 6.07) is -3.20. The quantitative estimate of drug-likeness (QED) is 0.440. The van der Waals surface area contributed by atoms with E-state index in [1.807, 2.05) is 0 Å². The lowest BCUT2D eigenvalue weighted by Crippen LogP contribution is -2.64. The summed E-state index contributed by atoms with van der Waals surface area (Å²) in [5, 5.41) is 13.1. The largest absolute Gasteiger partial charge is 0.480 e. The van der Waals surface area contributed by atoms with Crippen molar-refractivity contribution >= 4 is 29.6 Å². The van der Waals surface area contributed by atoms with Crippen molar-refractivity contribution in [1.29, 1.82) is 0 Å². The summed E-state index contributed by atoms with van der Waals surface area (Å²) in [7, 11) is 1.32. The summed E-state index contributed by atoms with van der Waals surface area (Å²) in [5.74, 6) is -6.17. The van der Waals surface area contributed by atoms with E-state index in [0.717, 1.165) is 23.6 Å². The highest BCUT2D eigenvalue weighted by atomic mass is 19.4. The number of hydrogen-bond donors (Lipinski definition) is 3. The molecule has 188 valence electrons. The first-order valence-corrected chi connectivity index (χ1v) is 10.5. The number of carboxylic acids is 1. The molecule has 0 saturated carbocycles. The van der Waals surface area contributed by atoms with Gasteiger partial charge >= 0.3 is 18.1 Å². The minimum absolute atomic E-state index is 0.237. The predicted octanol–water partition coefficient (Wildman–Crippen LogP) is 0.507. The lowest BCUT2D eigenvalue weighted by atomic mass is 9.95. The van der Waals surface area contributed by atoms with Crippen molar-refractivity contribution in [2.45, 2.75) is 77.3 Å². The Morgan fingerprint density at radius 2 is 1.67 bits per heavy atom. The van der Waals surface area contributed by atoms with Gasteiger partial charge in [0.1, 0.15) is 23.7 Å². The van der Waals surface area contributed by atoms with Crippen LogP contribution in [-0.2, 0) is 24.0 Å². The van der Waals surface area contributed by atoms with Gasteiger partial charge < -0.3 is 25.5 Å². The molecule has 0 aromatic carbocycles. The van der Waals surface area contributed by atoms with Gasteiger partial charge in [-0.3, -0.25) is 19.2 Å². The maximum Gasteiger partial charge on any atom is 0.471 e. The molecule has 0 spiro atoms. The minimum Gasteiger partial charge on any atom is -0.480 e. The third-order valence-corrected chi connectivity index (χ3v) is 5.89. The third-order valence-electron chi connectivity index (χ3n) is 5.89. The van der Waals surface area contributed by atoms with Crippen molar-refractivity contribution in [3.63, 3.8) is 0 Å². The standard InChI is InChI=1S/C20H31F3N4O6/c1-7-10(2)13(24-17(32)19(4,5)25-18(33)20(21,22)23)15(29)26(6)11(3)14(28)27-9-8-12(27)16(30)31/h10-13H,7-9H2,1-6H3,(H,24,32)(H,25,33)(H,30,31)/t10-,11-,12-,13-/m0/s1. The molecule has 1 rings (SSSR count). The summed E-state index contributed by atoms with van der Waals surface area (Å²) < 4.78 is 37.8. The van der Waals surface area contributed by atoms with Crippen LogP contribution < -0.4 is 10.6 Å². The fourth-order valence-electron chi connectivity index (χ4n) is 3.14.